The Morgan fingerprint density at radius 1 is 1.32 bits per heavy atom. The summed E-state index contributed by atoms with van der Waals surface area (Å²) in [5.74, 6) is 0.937. The van der Waals surface area contributed by atoms with E-state index in [0.717, 1.165) is 30.3 Å². The normalized spacial score (nSPS) is 10.7. The highest BCUT2D eigenvalue weighted by molar-refractivity contribution is 7.11. The lowest BCUT2D eigenvalue weighted by Gasteiger charge is -2.09. The Morgan fingerprint density at radius 3 is 2.84 bits per heavy atom. The molecule has 2 rings (SSSR count). The molecule has 0 spiro atoms. The summed E-state index contributed by atoms with van der Waals surface area (Å²) in [6.45, 7) is 5.85. The second-order valence-electron chi connectivity index (χ2n) is 4.49. The molecule has 4 heteroatoms. The minimum Gasteiger partial charge on any atom is -0.496 e. The third kappa shape index (κ3) is 3.78. The fourth-order valence-corrected chi connectivity index (χ4v) is 2.77. The van der Waals surface area contributed by atoms with Crippen LogP contribution in [0.25, 0.3) is 0 Å². The van der Waals surface area contributed by atoms with Crippen molar-refractivity contribution in [2.24, 2.45) is 0 Å². The molecule has 2 aromatic rings. The molecule has 1 aromatic heterocycles. The van der Waals surface area contributed by atoms with Crippen LogP contribution >= 0.6 is 11.3 Å². The van der Waals surface area contributed by atoms with Crippen LogP contribution in [0.4, 0.5) is 0 Å². The first kappa shape index (κ1) is 14.0. The van der Waals surface area contributed by atoms with Gasteiger partial charge in [-0.3, -0.25) is 0 Å². The van der Waals surface area contributed by atoms with Crippen LogP contribution in [0.2, 0.25) is 0 Å². The maximum atomic E-state index is 5.37. The Morgan fingerprint density at radius 2 is 2.16 bits per heavy atom. The lowest BCUT2D eigenvalue weighted by Crippen LogP contribution is -2.13. The number of aryl methyl sites for hydroxylation is 2. The molecule has 0 aliphatic rings. The number of rotatable bonds is 6. The van der Waals surface area contributed by atoms with Crippen molar-refractivity contribution in [1.29, 1.82) is 0 Å². The summed E-state index contributed by atoms with van der Waals surface area (Å²) in [5, 5.41) is 4.57. The second kappa shape index (κ2) is 6.68. The lowest BCUT2D eigenvalue weighted by molar-refractivity contribution is 0.407. The molecule has 0 unspecified atom stereocenters. The van der Waals surface area contributed by atoms with Crippen molar-refractivity contribution in [3.8, 4) is 5.75 Å². The van der Waals surface area contributed by atoms with Gasteiger partial charge >= 0.3 is 0 Å². The molecule has 1 aromatic carbocycles. The summed E-state index contributed by atoms with van der Waals surface area (Å²) in [7, 11) is 1.71. The minimum atomic E-state index is 0.798. The van der Waals surface area contributed by atoms with Gasteiger partial charge in [-0.15, -0.1) is 11.3 Å². The lowest BCUT2D eigenvalue weighted by atomic mass is 10.1. The van der Waals surface area contributed by atoms with Crippen molar-refractivity contribution >= 4 is 11.3 Å². The van der Waals surface area contributed by atoms with E-state index in [1.807, 2.05) is 12.3 Å². The number of nitrogens with one attached hydrogen (secondary N) is 1. The van der Waals surface area contributed by atoms with Crippen LogP contribution in [0, 0.1) is 6.92 Å². The first-order valence-corrected chi connectivity index (χ1v) is 7.32. The Hall–Kier alpha value is -1.39. The zero-order valence-electron chi connectivity index (χ0n) is 11.7. The van der Waals surface area contributed by atoms with Crippen LogP contribution in [0.1, 0.15) is 27.9 Å². The molecule has 1 heterocycles. The van der Waals surface area contributed by atoms with Crippen LogP contribution in [0.15, 0.2) is 24.4 Å². The van der Waals surface area contributed by atoms with Crippen molar-refractivity contribution in [1.82, 2.24) is 10.3 Å². The van der Waals surface area contributed by atoms with E-state index in [0.29, 0.717) is 0 Å². The molecule has 0 bridgehead atoms. The van der Waals surface area contributed by atoms with Gasteiger partial charge in [-0.2, -0.15) is 0 Å². The standard InChI is InChI=1S/C15H20N2OS/c1-4-13-9-17-15(19-13)10-16-8-12-7-11(2)5-6-14(12)18-3/h5-7,9,16H,4,8,10H2,1-3H3. The number of nitrogens with zero attached hydrogens (tertiary/aromatic N) is 1. The summed E-state index contributed by atoms with van der Waals surface area (Å²) in [5.41, 5.74) is 2.44. The largest absolute Gasteiger partial charge is 0.496 e. The van der Waals surface area contributed by atoms with E-state index in [1.54, 1.807) is 18.4 Å². The monoisotopic (exact) mass is 276 g/mol. The summed E-state index contributed by atoms with van der Waals surface area (Å²) < 4.78 is 5.37. The van der Waals surface area contributed by atoms with Crippen LogP contribution < -0.4 is 10.1 Å². The van der Waals surface area contributed by atoms with Crippen molar-refractivity contribution in [2.75, 3.05) is 7.11 Å². The van der Waals surface area contributed by atoms with Crippen molar-refractivity contribution in [3.05, 3.63) is 45.4 Å². The molecule has 0 atom stereocenters. The average Bonchev–Trinajstić information content (AvgIpc) is 2.87. The number of methoxy groups -OCH3 is 1. The van der Waals surface area contributed by atoms with Crippen molar-refractivity contribution < 1.29 is 4.74 Å². The molecule has 0 fully saturated rings. The van der Waals surface area contributed by atoms with Gasteiger partial charge in [0.05, 0.1) is 7.11 Å². The zero-order valence-corrected chi connectivity index (χ0v) is 12.5. The van der Waals surface area contributed by atoms with Gasteiger partial charge in [-0.1, -0.05) is 24.6 Å². The van der Waals surface area contributed by atoms with Gasteiger partial charge in [0.25, 0.3) is 0 Å². The van der Waals surface area contributed by atoms with E-state index < -0.39 is 0 Å². The van der Waals surface area contributed by atoms with E-state index in [9.17, 15) is 0 Å². The maximum absolute atomic E-state index is 5.37. The molecule has 0 radical (unpaired) electrons. The fourth-order valence-electron chi connectivity index (χ4n) is 1.94. The first-order valence-electron chi connectivity index (χ1n) is 6.50. The SMILES string of the molecule is CCc1cnc(CNCc2cc(C)ccc2OC)s1. The van der Waals surface area contributed by atoms with Crippen LogP contribution in [-0.2, 0) is 19.5 Å². The van der Waals surface area contributed by atoms with E-state index in [-0.39, 0.29) is 0 Å². The highest BCUT2D eigenvalue weighted by Crippen LogP contribution is 2.19. The number of hydrogen-bond acceptors (Lipinski definition) is 4. The summed E-state index contributed by atoms with van der Waals surface area (Å²) in [4.78, 5) is 5.74. The van der Waals surface area contributed by atoms with Gasteiger partial charge < -0.3 is 10.1 Å². The number of hydrogen-bond donors (Lipinski definition) is 1. The molecule has 102 valence electrons. The molecule has 0 saturated carbocycles. The van der Waals surface area contributed by atoms with Crippen LogP contribution in [0.3, 0.4) is 0 Å². The third-order valence-corrected chi connectivity index (χ3v) is 4.12. The van der Waals surface area contributed by atoms with Gasteiger partial charge in [0.1, 0.15) is 10.8 Å². The number of thiazole rings is 1. The minimum absolute atomic E-state index is 0.798. The molecule has 0 aliphatic heterocycles. The average molecular weight is 276 g/mol. The van der Waals surface area contributed by atoms with Gasteiger partial charge in [0, 0.05) is 29.7 Å². The van der Waals surface area contributed by atoms with Gasteiger partial charge in [0.15, 0.2) is 0 Å². The summed E-state index contributed by atoms with van der Waals surface area (Å²) in [6, 6.07) is 6.24. The number of ether oxygens (including phenoxy) is 1. The molecular formula is C15H20N2OS. The maximum Gasteiger partial charge on any atom is 0.123 e. The van der Waals surface area contributed by atoms with Crippen LogP contribution in [-0.4, -0.2) is 12.1 Å². The quantitative estimate of drug-likeness (QED) is 0.879. The molecule has 0 amide bonds. The smallest absolute Gasteiger partial charge is 0.123 e. The van der Waals surface area contributed by atoms with Crippen molar-refractivity contribution in [3.63, 3.8) is 0 Å². The van der Waals surface area contributed by atoms with E-state index in [2.05, 4.69) is 36.3 Å². The Bertz CT molecular complexity index is 537. The summed E-state index contributed by atoms with van der Waals surface area (Å²) in [6.07, 6.45) is 3.03. The third-order valence-electron chi connectivity index (χ3n) is 2.98. The van der Waals surface area contributed by atoms with Crippen molar-refractivity contribution in [2.45, 2.75) is 33.4 Å². The summed E-state index contributed by atoms with van der Waals surface area (Å²) >= 11 is 1.78. The van der Waals surface area contributed by atoms with E-state index in [1.165, 1.54) is 16.0 Å². The van der Waals surface area contributed by atoms with Gasteiger partial charge in [-0.05, 0) is 19.4 Å². The molecule has 1 N–H and O–H groups in total. The Labute approximate surface area is 118 Å². The highest BCUT2D eigenvalue weighted by Gasteiger charge is 2.04. The zero-order chi connectivity index (χ0) is 13.7. The number of aromatic nitrogens is 1. The Balaban J connectivity index is 1.93. The second-order valence-corrected chi connectivity index (χ2v) is 5.69. The molecule has 0 aliphatic carbocycles. The van der Waals surface area contributed by atoms with E-state index >= 15 is 0 Å². The molecular weight excluding hydrogens is 256 g/mol. The van der Waals surface area contributed by atoms with Crippen LogP contribution in [0.5, 0.6) is 5.75 Å². The highest BCUT2D eigenvalue weighted by atomic mass is 32.1. The van der Waals surface area contributed by atoms with E-state index in [4.69, 9.17) is 4.74 Å². The first-order chi connectivity index (χ1) is 9.22. The predicted octanol–water partition coefficient (Wildman–Crippen LogP) is 3.31. The predicted molar refractivity (Wildman–Crippen MR) is 79.8 cm³/mol. The topological polar surface area (TPSA) is 34.2 Å². The number of benzene rings is 1. The van der Waals surface area contributed by atoms with Gasteiger partial charge in [0.2, 0.25) is 0 Å². The van der Waals surface area contributed by atoms with Gasteiger partial charge in [-0.25, -0.2) is 4.98 Å². The fraction of sp³-hybridized carbons (Fsp3) is 0.400. The molecule has 0 saturated heterocycles. The molecule has 3 nitrogen and oxygen atoms in total. The molecule has 19 heavy (non-hydrogen) atoms. The Kier molecular flexibility index (Phi) is 4.93.